The van der Waals surface area contributed by atoms with Crippen LogP contribution in [0.15, 0.2) is 36.5 Å². The van der Waals surface area contributed by atoms with Gasteiger partial charge in [-0.1, -0.05) is 23.7 Å². The first kappa shape index (κ1) is 13.9. The SMILES string of the molecule is Cl.NCCc1nccc(-c2ccc(Cl)cc2)n1. The zero-order valence-electron chi connectivity index (χ0n) is 9.14. The normalized spacial score (nSPS) is 9.76. The minimum atomic E-state index is 0. The quantitative estimate of drug-likeness (QED) is 0.932. The summed E-state index contributed by atoms with van der Waals surface area (Å²) in [5.74, 6) is 0.773. The van der Waals surface area contributed by atoms with Gasteiger partial charge in [-0.05, 0) is 24.7 Å². The van der Waals surface area contributed by atoms with E-state index in [4.69, 9.17) is 17.3 Å². The van der Waals surface area contributed by atoms with Gasteiger partial charge in [-0.15, -0.1) is 12.4 Å². The van der Waals surface area contributed by atoms with Crippen LogP contribution in [0.25, 0.3) is 11.3 Å². The highest BCUT2D eigenvalue weighted by Crippen LogP contribution is 2.19. The Morgan fingerprint density at radius 2 is 1.82 bits per heavy atom. The number of benzene rings is 1. The number of nitrogens with zero attached hydrogens (tertiary/aromatic N) is 2. The molecular weight excluding hydrogens is 257 g/mol. The van der Waals surface area contributed by atoms with Gasteiger partial charge < -0.3 is 5.73 Å². The number of halogens is 2. The van der Waals surface area contributed by atoms with Crippen LogP contribution in [0.4, 0.5) is 0 Å². The van der Waals surface area contributed by atoms with Gasteiger partial charge in [0.2, 0.25) is 0 Å². The number of hydrogen-bond acceptors (Lipinski definition) is 3. The van der Waals surface area contributed by atoms with E-state index in [0.29, 0.717) is 13.0 Å². The van der Waals surface area contributed by atoms with Gasteiger partial charge in [0.15, 0.2) is 0 Å². The summed E-state index contributed by atoms with van der Waals surface area (Å²) in [6.45, 7) is 0.560. The second kappa shape index (κ2) is 6.55. The van der Waals surface area contributed by atoms with E-state index >= 15 is 0 Å². The van der Waals surface area contributed by atoms with Gasteiger partial charge in [-0.3, -0.25) is 0 Å². The average Bonchev–Trinajstić information content (AvgIpc) is 2.31. The molecule has 90 valence electrons. The fourth-order valence-electron chi connectivity index (χ4n) is 1.43. The lowest BCUT2D eigenvalue weighted by atomic mass is 10.1. The molecule has 0 saturated heterocycles. The van der Waals surface area contributed by atoms with Crippen molar-refractivity contribution in [3.8, 4) is 11.3 Å². The van der Waals surface area contributed by atoms with Crippen LogP contribution in [-0.2, 0) is 6.42 Å². The third-order valence-electron chi connectivity index (χ3n) is 2.21. The molecular formula is C12H13Cl2N3. The molecule has 2 rings (SSSR count). The molecule has 0 saturated carbocycles. The maximum Gasteiger partial charge on any atom is 0.130 e. The molecule has 0 aliphatic rings. The Bertz CT molecular complexity index is 471. The third kappa shape index (κ3) is 3.66. The van der Waals surface area contributed by atoms with Gasteiger partial charge >= 0.3 is 0 Å². The fraction of sp³-hybridized carbons (Fsp3) is 0.167. The molecule has 0 amide bonds. The topological polar surface area (TPSA) is 51.8 Å². The third-order valence-corrected chi connectivity index (χ3v) is 2.47. The van der Waals surface area contributed by atoms with E-state index in [0.717, 1.165) is 22.1 Å². The molecule has 0 aliphatic carbocycles. The van der Waals surface area contributed by atoms with Crippen molar-refractivity contribution in [2.75, 3.05) is 6.54 Å². The maximum absolute atomic E-state index is 5.83. The van der Waals surface area contributed by atoms with E-state index in [1.165, 1.54) is 0 Å². The van der Waals surface area contributed by atoms with Gasteiger partial charge in [0.25, 0.3) is 0 Å². The molecule has 1 heterocycles. The van der Waals surface area contributed by atoms with Crippen molar-refractivity contribution >= 4 is 24.0 Å². The largest absolute Gasteiger partial charge is 0.330 e. The van der Waals surface area contributed by atoms with Gasteiger partial charge in [0, 0.05) is 23.2 Å². The van der Waals surface area contributed by atoms with Crippen molar-refractivity contribution in [2.45, 2.75) is 6.42 Å². The summed E-state index contributed by atoms with van der Waals surface area (Å²) in [7, 11) is 0. The van der Waals surface area contributed by atoms with Crippen molar-refractivity contribution in [3.05, 3.63) is 47.4 Å². The second-order valence-corrected chi connectivity index (χ2v) is 3.84. The molecule has 0 aliphatic heterocycles. The molecule has 1 aromatic heterocycles. The highest BCUT2D eigenvalue weighted by Gasteiger charge is 2.01. The Morgan fingerprint density at radius 3 is 2.47 bits per heavy atom. The Labute approximate surface area is 111 Å². The van der Waals surface area contributed by atoms with E-state index in [-0.39, 0.29) is 12.4 Å². The lowest BCUT2D eigenvalue weighted by molar-refractivity contribution is 0.869. The number of rotatable bonds is 3. The summed E-state index contributed by atoms with van der Waals surface area (Å²) in [4.78, 5) is 8.58. The van der Waals surface area contributed by atoms with Gasteiger partial charge in [0.1, 0.15) is 5.82 Å². The second-order valence-electron chi connectivity index (χ2n) is 3.40. The van der Waals surface area contributed by atoms with Crippen molar-refractivity contribution in [1.82, 2.24) is 9.97 Å². The summed E-state index contributed by atoms with van der Waals surface area (Å²) >= 11 is 5.83. The number of nitrogens with two attached hydrogens (primary N) is 1. The monoisotopic (exact) mass is 269 g/mol. The first-order valence-corrected chi connectivity index (χ1v) is 5.45. The molecule has 0 bridgehead atoms. The van der Waals surface area contributed by atoms with Crippen molar-refractivity contribution < 1.29 is 0 Å². The van der Waals surface area contributed by atoms with E-state index < -0.39 is 0 Å². The molecule has 17 heavy (non-hydrogen) atoms. The molecule has 5 heteroatoms. The molecule has 0 spiro atoms. The molecule has 1 aromatic carbocycles. The van der Waals surface area contributed by atoms with Gasteiger partial charge in [-0.2, -0.15) is 0 Å². The summed E-state index contributed by atoms with van der Waals surface area (Å²) in [5, 5.41) is 0.722. The van der Waals surface area contributed by atoms with Crippen LogP contribution in [0.2, 0.25) is 5.02 Å². The standard InChI is InChI=1S/C12H12ClN3.ClH/c13-10-3-1-9(2-4-10)11-6-8-15-12(16-11)5-7-14;/h1-4,6,8H,5,7,14H2;1H. The minimum absolute atomic E-state index is 0. The average molecular weight is 270 g/mol. The lowest BCUT2D eigenvalue weighted by Gasteiger charge is -2.03. The summed E-state index contributed by atoms with van der Waals surface area (Å²) < 4.78 is 0. The molecule has 2 aromatic rings. The van der Waals surface area contributed by atoms with Crippen LogP contribution in [-0.4, -0.2) is 16.5 Å². The van der Waals surface area contributed by atoms with E-state index in [9.17, 15) is 0 Å². The molecule has 2 N–H and O–H groups in total. The van der Waals surface area contributed by atoms with E-state index in [1.54, 1.807) is 6.20 Å². The molecule has 0 radical (unpaired) electrons. The van der Waals surface area contributed by atoms with Crippen LogP contribution in [0.1, 0.15) is 5.82 Å². The van der Waals surface area contributed by atoms with E-state index in [1.807, 2.05) is 30.3 Å². The smallest absolute Gasteiger partial charge is 0.130 e. The van der Waals surface area contributed by atoms with Crippen LogP contribution >= 0.6 is 24.0 Å². The predicted octanol–water partition coefficient (Wildman–Crippen LogP) is 2.72. The Morgan fingerprint density at radius 1 is 1.12 bits per heavy atom. The number of aromatic nitrogens is 2. The first-order chi connectivity index (χ1) is 7.79. The Kier molecular flexibility index (Phi) is 5.35. The van der Waals surface area contributed by atoms with Crippen LogP contribution in [0.5, 0.6) is 0 Å². The number of hydrogen-bond donors (Lipinski definition) is 1. The Balaban J connectivity index is 0.00000144. The molecule has 0 fully saturated rings. The van der Waals surface area contributed by atoms with E-state index in [2.05, 4.69) is 9.97 Å². The fourth-order valence-corrected chi connectivity index (χ4v) is 1.56. The first-order valence-electron chi connectivity index (χ1n) is 5.07. The van der Waals surface area contributed by atoms with Crippen LogP contribution < -0.4 is 5.73 Å². The summed E-state index contributed by atoms with van der Waals surface area (Å²) in [6, 6.07) is 9.46. The molecule has 0 unspecified atom stereocenters. The molecule has 0 atom stereocenters. The summed E-state index contributed by atoms with van der Waals surface area (Å²) in [5.41, 5.74) is 7.40. The summed E-state index contributed by atoms with van der Waals surface area (Å²) in [6.07, 6.45) is 2.45. The van der Waals surface area contributed by atoms with Crippen molar-refractivity contribution in [3.63, 3.8) is 0 Å². The zero-order chi connectivity index (χ0) is 11.4. The Hall–Kier alpha value is -1.16. The molecule has 3 nitrogen and oxygen atoms in total. The van der Waals surface area contributed by atoms with Gasteiger partial charge in [-0.25, -0.2) is 9.97 Å². The minimum Gasteiger partial charge on any atom is -0.330 e. The van der Waals surface area contributed by atoms with Gasteiger partial charge in [0.05, 0.1) is 5.69 Å². The van der Waals surface area contributed by atoms with Crippen LogP contribution in [0, 0.1) is 0 Å². The van der Waals surface area contributed by atoms with Crippen molar-refractivity contribution in [1.29, 1.82) is 0 Å². The van der Waals surface area contributed by atoms with Crippen LogP contribution in [0.3, 0.4) is 0 Å². The predicted molar refractivity (Wildman–Crippen MR) is 72.5 cm³/mol. The lowest BCUT2D eigenvalue weighted by Crippen LogP contribution is -2.06. The maximum atomic E-state index is 5.83. The highest BCUT2D eigenvalue weighted by molar-refractivity contribution is 6.30. The highest BCUT2D eigenvalue weighted by atomic mass is 35.5. The zero-order valence-corrected chi connectivity index (χ0v) is 10.7. The van der Waals surface area contributed by atoms with Crippen molar-refractivity contribution in [2.24, 2.45) is 5.73 Å².